The standard InChI is InChI=1S/C14H7BrN2O4/c15-7-3-4-8(14(20)21)10(6-7)17-12(18)9-2-1-5-16-11(9)13(17)19/h1-6H,(H,20,21). The van der Waals surface area contributed by atoms with E-state index in [2.05, 4.69) is 20.9 Å². The molecule has 6 nitrogen and oxygen atoms in total. The van der Waals surface area contributed by atoms with E-state index in [1.807, 2.05) is 0 Å². The van der Waals surface area contributed by atoms with Crippen molar-refractivity contribution in [3.63, 3.8) is 0 Å². The molecule has 0 spiro atoms. The van der Waals surface area contributed by atoms with Gasteiger partial charge >= 0.3 is 5.97 Å². The summed E-state index contributed by atoms with van der Waals surface area (Å²) in [7, 11) is 0. The number of carboxylic acid groups (broad SMARTS) is 1. The SMILES string of the molecule is O=C(O)c1ccc(Br)cc1N1C(=O)c2cccnc2C1=O. The number of nitrogens with zero attached hydrogens (tertiary/aromatic N) is 2. The molecule has 0 saturated heterocycles. The van der Waals surface area contributed by atoms with Crippen molar-refractivity contribution in [3.8, 4) is 0 Å². The number of halogens is 1. The van der Waals surface area contributed by atoms with Gasteiger partial charge < -0.3 is 5.11 Å². The van der Waals surface area contributed by atoms with Crippen LogP contribution in [0.3, 0.4) is 0 Å². The van der Waals surface area contributed by atoms with Crippen LogP contribution in [-0.2, 0) is 0 Å². The predicted octanol–water partition coefficient (Wildman–Crippen LogP) is 2.34. The molecule has 0 saturated carbocycles. The minimum absolute atomic E-state index is 0.0184. The lowest BCUT2D eigenvalue weighted by atomic mass is 10.1. The fraction of sp³-hybridized carbons (Fsp3) is 0. The number of aromatic nitrogens is 1. The zero-order valence-electron chi connectivity index (χ0n) is 10.4. The minimum atomic E-state index is -1.22. The molecule has 0 radical (unpaired) electrons. The van der Waals surface area contributed by atoms with Gasteiger partial charge in [-0.25, -0.2) is 9.69 Å². The number of hydrogen-bond donors (Lipinski definition) is 1. The lowest BCUT2D eigenvalue weighted by Crippen LogP contribution is -2.31. The third-order valence-electron chi connectivity index (χ3n) is 3.08. The van der Waals surface area contributed by atoms with E-state index in [1.165, 1.54) is 30.5 Å². The molecule has 1 aromatic heterocycles. The Labute approximate surface area is 127 Å². The molecule has 1 aliphatic heterocycles. The van der Waals surface area contributed by atoms with Gasteiger partial charge in [-0.05, 0) is 30.3 Å². The van der Waals surface area contributed by atoms with Crippen molar-refractivity contribution >= 4 is 39.4 Å². The molecule has 21 heavy (non-hydrogen) atoms. The summed E-state index contributed by atoms with van der Waals surface area (Å²) in [5.74, 6) is -2.43. The van der Waals surface area contributed by atoms with Crippen LogP contribution in [0.2, 0.25) is 0 Å². The van der Waals surface area contributed by atoms with E-state index in [0.29, 0.717) is 4.47 Å². The first kappa shape index (κ1) is 13.4. The van der Waals surface area contributed by atoms with Crippen molar-refractivity contribution in [2.45, 2.75) is 0 Å². The second kappa shape index (κ2) is 4.78. The van der Waals surface area contributed by atoms with Crippen LogP contribution < -0.4 is 4.90 Å². The van der Waals surface area contributed by atoms with E-state index < -0.39 is 17.8 Å². The second-order valence-electron chi connectivity index (χ2n) is 4.31. The van der Waals surface area contributed by atoms with Crippen molar-refractivity contribution in [2.24, 2.45) is 0 Å². The summed E-state index contributed by atoms with van der Waals surface area (Å²) < 4.78 is 0.562. The van der Waals surface area contributed by atoms with Crippen molar-refractivity contribution in [1.82, 2.24) is 4.98 Å². The highest BCUT2D eigenvalue weighted by molar-refractivity contribution is 9.10. The van der Waals surface area contributed by atoms with Crippen molar-refractivity contribution in [2.75, 3.05) is 4.90 Å². The summed E-state index contributed by atoms with van der Waals surface area (Å²) in [5, 5.41) is 9.23. The topological polar surface area (TPSA) is 87.6 Å². The Balaban J connectivity index is 2.20. The average molecular weight is 347 g/mol. The van der Waals surface area contributed by atoms with E-state index >= 15 is 0 Å². The maximum atomic E-state index is 12.4. The normalized spacial score (nSPS) is 13.5. The fourth-order valence-electron chi connectivity index (χ4n) is 2.16. The lowest BCUT2D eigenvalue weighted by Gasteiger charge is -2.16. The van der Waals surface area contributed by atoms with Gasteiger partial charge in [-0.1, -0.05) is 15.9 Å². The summed E-state index contributed by atoms with van der Waals surface area (Å²) in [6, 6.07) is 7.32. The number of anilines is 1. The van der Waals surface area contributed by atoms with Gasteiger partial charge in [0.2, 0.25) is 0 Å². The van der Waals surface area contributed by atoms with Crippen molar-refractivity contribution in [3.05, 3.63) is 57.8 Å². The van der Waals surface area contributed by atoms with Gasteiger partial charge in [0.15, 0.2) is 0 Å². The zero-order chi connectivity index (χ0) is 15.1. The molecule has 0 unspecified atom stereocenters. The van der Waals surface area contributed by atoms with Crippen LogP contribution in [0.4, 0.5) is 5.69 Å². The summed E-state index contributed by atoms with van der Waals surface area (Å²) >= 11 is 3.21. The van der Waals surface area contributed by atoms with Crippen LogP contribution in [0, 0.1) is 0 Å². The summed E-state index contributed by atoms with van der Waals surface area (Å²) in [4.78, 5) is 40.7. The van der Waals surface area contributed by atoms with Crippen LogP contribution >= 0.6 is 15.9 Å². The number of benzene rings is 1. The van der Waals surface area contributed by atoms with Gasteiger partial charge in [0, 0.05) is 10.7 Å². The largest absolute Gasteiger partial charge is 0.478 e. The molecule has 1 aromatic carbocycles. The number of hydrogen-bond acceptors (Lipinski definition) is 4. The number of amides is 2. The van der Waals surface area contributed by atoms with Gasteiger partial charge in [-0.15, -0.1) is 0 Å². The van der Waals surface area contributed by atoms with Gasteiger partial charge in [-0.2, -0.15) is 0 Å². The monoisotopic (exact) mass is 346 g/mol. The molecule has 0 bridgehead atoms. The van der Waals surface area contributed by atoms with E-state index in [0.717, 1.165) is 4.90 Å². The summed E-state index contributed by atoms with van der Waals surface area (Å²) in [6.07, 6.45) is 1.41. The average Bonchev–Trinajstić information content (AvgIpc) is 2.71. The van der Waals surface area contributed by atoms with Crippen molar-refractivity contribution in [1.29, 1.82) is 0 Å². The van der Waals surface area contributed by atoms with Crippen LogP contribution in [0.5, 0.6) is 0 Å². The number of fused-ring (bicyclic) bond motifs is 1. The molecular weight excluding hydrogens is 340 g/mol. The number of carboxylic acids is 1. The van der Waals surface area contributed by atoms with E-state index in [-0.39, 0.29) is 22.5 Å². The first-order valence-corrected chi connectivity index (χ1v) is 6.66. The Morgan fingerprint density at radius 3 is 2.62 bits per heavy atom. The fourth-order valence-corrected chi connectivity index (χ4v) is 2.51. The molecule has 3 rings (SSSR count). The molecule has 2 amide bonds. The molecule has 0 atom stereocenters. The van der Waals surface area contributed by atoms with Crippen LogP contribution in [0.25, 0.3) is 0 Å². The maximum absolute atomic E-state index is 12.4. The third-order valence-corrected chi connectivity index (χ3v) is 3.57. The molecule has 0 fully saturated rings. The third kappa shape index (κ3) is 2.02. The Bertz CT molecular complexity index is 768. The quantitative estimate of drug-likeness (QED) is 0.843. The Morgan fingerprint density at radius 2 is 1.95 bits per heavy atom. The van der Waals surface area contributed by atoms with Crippen LogP contribution in [-0.4, -0.2) is 27.9 Å². The Kier molecular flexibility index (Phi) is 3.06. The van der Waals surface area contributed by atoms with Crippen molar-refractivity contribution < 1.29 is 19.5 Å². The highest BCUT2D eigenvalue weighted by Gasteiger charge is 2.39. The minimum Gasteiger partial charge on any atom is -0.478 e. The van der Waals surface area contributed by atoms with E-state index in [4.69, 9.17) is 0 Å². The molecule has 104 valence electrons. The van der Waals surface area contributed by atoms with Gasteiger partial charge in [0.1, 0.15) is 5.69 Å². The number of carbonyl (C=O) groups excluding carboxylic acids is 2. The van der Waals surface area contributed by atoms with Gasteiger partial charge in [0.25, 0.3) is 11.8 Å². The first-order valence-electron chi connectivity index (χ1n) is 5.87. The molecule has 0 aliphatic carbocycles. The summed E-state index contributed by atoms with van der Waals surface area (Å²) in [6.45, 7) is 0. The maximum Gasteiger partial charge on any atom is 0.337 e. The highest BCUT2D eigenvalue weighted by atomic mass is 79.9. The van der Waals surface area contributed by atoms with Gasteiger partial charge in [-0.3, -0.25) is 14.6 Å². The second-order valence-corrected chi connectivity index (χ2v) is 5.23. The lowest BCUT2D eigenvalue weighted by molar-refractivity contribution is 0.0698. The number of pyridine rings is 1. The van der Waals surface area contributed by atoms with Crippen LogP contribution in [0.15, 0.2) is 41.0 Å². The molecule has 2 heterocycles. The number of carbonyl (C=O) groups is 3. The zero-order valence-corrected chi connectivity index (χ0v) is 12.0. The predicted molar refractivity (Wildman–Crippen MR) is 76.5 cm³/mol. The molecule has 1 N–H and O–H groups in total. The molecule has 1 aliphatic rings. The van der Waals surface area contributed by atoms with Crippen LogP contribution in [0.1, 0.15) is 31.2 Å². The number of imide groups is 1. The molecular formula is C14H7BrN2O4. The summed E-state index contributed by atoms with van der Waals surface area (Å²) in [5.41, 5.74) is 0.0789. The number of aromatic carboxylic acids is 1. The Hall–Kier alpha value is -2.54. The smallest absolute Gasteiger partial charge is 0.337 e. The molecule has 2 aromatic rings. The first-order chi connectivity index (χ1) is 10.0. The number of rotatable bonds is 2. The Morgan fingerprint density at radius 1 is 1.19 bits per heavy atom. The van der Waals surface area contributed by atoms with E-state index in [9.17, 15) is 19.5 Å². The van der Waals surface area contributed by atoms with E-state index in [1.54, 1.807) is 6.07 Å². The highest BCUT2D eigenvalue weighted by Crippen LogP contribution is 2.31. The molecule has 7 heteroatoms. The van der Waals surface area contributed by atoms with Gasteiger partial charge in [0.05, 0.1) is 16.8 Å².